The maximum atomic E-state index is 12.1. The van der Waals surface area contributed by atoms with Gasteiger partial charge in [-0.15, -0.1) is 0 Å². The van der Waals surface area contributed by atoms with Crippen molar-refractivity contribution < 1.29 is 0 Å². The lowest BCUT2D eigenvalue weighted by atomic mass is 10.0. The lowest BCUT2D eigenvalue weighted by Crippen LogP contribution is -2.50. The van der Waals surface area contributed by atoms with Crippen LogP contribution in [0.15, 0.2) is 60.0 Å². The molecule has 7 nitrogen and oxygen atoms in total. The van der Waals surface area contributed by atoms with E-state index in [0.29, 0.717) is 12.5 Å². The van der Waals surface area contributed by atoms with Gasteiger partial charge in [-0.2, -0.15) is 5.10 Å². The molecule has 3 aromatic rings. The monoisotopic (exact) mass is 320 g/mol. The van der Waals surface area contributed by atoms with Gasteiger partial charge in [0.1, 0.15) is 5.82 Å². The highest BCUT2D eigenvalue weighted by molar-refractivity contribution is 5.57. The number of pyridine rings is 1. The van der Waals surface area contributed by atoms with Gasteiger partial charge in [0.25, 0.3) is 5.56 Å². The maximum Gasteiger partial charge on any atom is 0.266 e. The zero-order valence-corrected chi connectivity index (χ0v) is 13.0. The molecule has 4 rings (SSSR count). The largest absolute Gasteiger partial charge is 0.355 e. The molecule has 0 spiro atoms. The van der Waals surface area contributed by atoms with Crippen molar-refractivity contribution in [3.8, 4) is 11.3 Å². The van der Waals surface area contributed by atoms with Crippen LogP contribution in [0.1, 0.15) is 0 Å². The summed E-state index contributed by atoms with van der Waals surface area (Å²) in [5.41, 5.74) is 1.65. The summed E-state index contributed by atoms with van der Waals surface area (Å²) in [7, 11) is 0. The smallest absolute Gasteiger partial charge is 0.266 e. The molecule has 1 fully saturated rings. The summed E-state index contributed by atoms with van der Waals surface area (Å²) in [5, 5.41) is 4.49. The highest BCUT2D eigenvalue weighted by Crippen LogP contribution is 2.22. The van der Waals surface area contributed by atoms with Crippen LogP contribution in [0.2, 0.25) is 0 Å². The van der Waals surface area contributed by atoms with E-state index in [1.807, 2.05) is 12.1 Å². The molecule has 0 aromatic carbocycles. The molecule has 1 saturated heterocycles. The summed E-state index contributed by atoms with van der Waals surface area (Å²) in [6, 6.07) is 7.09. The van der Waals surface area contributed by atoms with Gasteiger partial charge in [0.05, 0.1) is 18.4 Å². The zero-order chi connectivity index (χ0) is 16.4. The van der Waals surface area contributed by atoms with Crippen molar-refractivity contribution in [2.75, 3.05) is 18.0 Å². The van der Waals surface area contributed by atoms with Gasteiger partial charge in [-0.05, 0) is 18.2 Å². The van der Waals surface area contributed by atoms with Crippen molar-refractivity contribution in [1.29, 1.82) is 0 Å². The molecule has 1 aliphatic heterocycles. The lowest BCUT2D eigenvalue weighted by Gasteiger charge is -2.39. The standard InChI is InChI=1S/C17H16N6O/c24-17-2-1-15(14-3-5-18-6-4-14)21-23(17)12-13-10-22(11-13)16-9-19-7-8-20-16/h1-9,13H,10-12H2. The van der Waals surface area contributed by atoms with Gasteiger partial charge >= 0.3 is 0 Å². The molecule has 120 valence electrons. The first-order chi connectivity index (χ1) is 11.8. The van der Waals surface area contributed by atoms with Crippen LogP contribution in [0.25, 0.3) is 11.3 Å². The zero-order valence-electron chi connectivity index (χ0n) is 13.0. The number of rotatable bonds is 4. The van der Waals surface area contributed by atoms with E-state index in [0.717, 1.165) is 30.2 Å². The molecule has 0 atom stereocenters. The van der Waals surface area contributed by atoms with E-state index in [1.165, 1.54) is 0 Å². The molecular formula is C17H16N6O. The molecule has 0 N–H and O–H groups in total. The lowest BCUT2D eigenvalue weighted by molar-refractivity contribution is 0.333. The fourth-order valence-electron chi connectivity index (χ4n) is 2.83. The summed E-state index contributed by atoms with van der Waals surface area (Å²) in [6.07, 6.45) is 8.54. The van der Waals surface area contributed by atoms with Crippen LogP contribution in [-0.2, 0) is 6.54 Å². The van der Waals surface area contributed by atoms with Gasteiger partial charge < -0.3 is 4.90 Å². The number of hydrogen-bond donors (Lipinski definition) is 0. The summed E-state index contributed by atoms with van der Waals surface area (Å²) in [5.74, 6) is 1.25. The number of anilines is 1. The molecule has 24 heavy (non-hydrogen) atoms. The van der Waals surface area contributed by atoms with E-state index in [9.17, 15) is 4.79 Å². The maximum absolute atomic E-state index is 12.1. The number of nitrogens with zero attached hydrogens (tertiary/aromatic N) is 6. The Morgan fingerprint density at radius 2 is 1.83 bits per heavy atom. The highest BCUT2D eigenvalue weighted by Gasteiger charge is 2.28. The van der Waals surface area contributed by atoms with Crippen molar-refractivity contribution in [2.24, 2.45) is 5.92 Å². The van der Waals surface area contributed by atoms with E-state index in [2.05, 4.69) is 25.0 Å². The molecule has 0 saturated carbocycles. The second kappa shape index (κ2) is 6.19. The summed E-state index contributed by atoms with van der Waals surface area (Å²) < 4.78 is 1.55. The van der Waals surface area contributed by atoms with E-state index in [4.69, 9.17) is 0 Å². The fraction of sp³-hybridized carbons (Fsp3) is 0.235. The predicted octanol–water partition coefficient (Wildman–Crippen LogP) is 1.23. The predicted molar refractivity (Wildman–Crippen MR) is 89.5 cm³/mol. The van der Waals surface area contributed by atoms with Crippen LogP contribution < -0.4 is 10.5 Å². The molecule has 1 aliphatic rings. The fourth-order valence-corrected chi connectivity index (χ4v) is 2.83. The van der Waals surface area contributed by atoms with Crippen LogP contribution in [-0.4, -0.2) is 37.8 Å². The van der Waals surface area contributed by atoms with Gasteiger partial charge in [0.15, 0.2) is 0 Å². The average Bonchev–Trinajstić information content (AvgIpc) is 2.60. The normalized spacial score (nSPS) is 14.4. The molecule has 0 aliphatic carbocycles. The number of hydrogen-bond acceptors (Lipinski definition) is 6. The van der Waals surface area contributed by atoms with Crippen LogP contribution in [0.3, 0.4) is 0 Å². The van der Waals surface area contributed by atoms with Crippen molar-refractivity contribution in [2.45, 2.75) is 6.54 Å². The Kier molecular flexibility index (Phi) is 3.74. The van der Waals surface area contributed by atoms with Crippen molar-refractivity contribution in [3.05, 3.63) is 65.6 Å². The average molecular weight is 320 g/mol. The van der Waals surface area contributed by atoms with Gasteiger partial charge in [-0.25, -0.2) is 9.67 Å². The minimum Gasteiger partial charge on any atom is -0.355 e. The summed E-state index contributed by atoms with van der Waals surface area (Å²) in [4.78, 5) is 26.6. The van der Waals surface area contributed by atoms with Gasteiger partial charge in [0, 0.05) is 55.4 Å². The topological polar surface area (TPSA) is 76.8 Å². The first-order valence-electron chi connectivity index (χ1n) is 7.79. The van der Waals surface area contributed by atoms with Crippen LogP contribution in [0.4, 0.5) is 5.82 Å². The Labute approximate surface area is 138 Å². The molecule has 4 heterocycles. The number of aromatic nitrogens is 5. The van der Waals surface area contributed by atoms with Crippen LogP contribution in [0, 0.1) is 5.92 Å². The minimum absolute atomic E-state index is 0.0780. The first kappa shape index (κ1) is 14.5. The van der Waals surface area contributed by atoms with Gasteiger partial charge in [0.2, 0.25) is 0 Å². The molecule has 0 bridgehead atoms. The Balaban J connectivity index is 1.47. The minimum atomic E-state index is -0.0780. The Morgan fingerprint density at radius 3 is 2.58 bits per heavy atom. The van der Waals surface area contributed by atoms with Gasteiger partial charge in [-0.1, -0.05) is 0 Å². The first-order valence-corrected chi connectivity index (χ1v) is 7.79. The SMILES string of the molecule is O=c1ccc(-c2ccncc2)nn1CC1CN(c2cnccn2)C1. The molecule has 0 radical (unpaired) electrons. The third kappa shape index (κ3) is 2.88. The molecule has 0 amide bonds. The Bertz CT molecular complexity index is 874. The van der Waals surface area contributed by atoms with Crippen molar-refractivity contribution in [1.82, 2.24) is 24.7 Å². The summed E-state index contributed by atoms with van der Waals surface area (Å²) >= 11 is 0. The molecule has 0 unspecified atom stereocenters. The second-order valence-electron chi connectivity index (χ2n) is 5.81. The van der Waals surface area contributed by atoms with E-state index in [-0.39, 0.29) is 5.56 Å². The molecule has 7 heteroatoms. The van der Waals surface area contributed by atoms with Crippen molar-refractivity contribution in [3.63, 3.8) is 0 Å². The molecular weight excluding hydrogens is 304 g/mol. The second-order valence-corrected chi connectivity index (χ2v) is 5.81. The van der Waals surface area contributed by atoms with E-state index in [1.54, 1.807) is 47.8 Å². The summed E-state index contributed by atoms with van der Waals surface area (Å²) in [6.45, 7) is 2.31. The van der Waals surface area contributed by atoms with E-state index < -0.39 is 0 Å². The van der Waals surface area contributed by atoms with Crippen LogP contribution >= 0.6 is 0 Å². The van der Waals surface area contributed by atoms with Gasteiger partial charge in [-0.3, -0.25) is 14.8 Å². The third-order valence-corrected chi connectivity index (χ3v) is 4.10. The highest BCUT2D eigenvalue weighted by atomic mass is 16.1. The van der Waals surface area contributed by atoms with Crippen LogP contribution in [0.5, 0.6) is 0 Å². The van der Waals surface area contributed by atoms with E-state index >= 15 is 0 Å². The quantitative estimate of drug-likeness (QED) is 0.719. The Morgan fingerprint density at radius 1 is 1.00 bits per heavy atom. The van der Waals surface area contributed by atoms with Crippen molar-refractivity contribution >= 4 is 5.82 Å². The Hall–Kier alpha value is -3.09. The molecule has 3 aromatic heterocycles. The third-order valence-electron chi connectivity index (χ3n) is 4.10.